The summed E-state index contributed by atoms with van der Waals surface area (Å²) in [7, 11) is 0. The third kappa shape index (κ3) is 2.44. The minimum Gasteiger partial charge on any atom is -0.339 e. The van der Waals surface area contributed by atoms with Gasteiger partial charge in [-0.15, -0.1) is 0 Å². The summed E-state index contributed by atoms with van der Waals surface area (Å²) in [6.45, 7) is 0. The van der Waals surface area contributed by atoms with Gasteiger partial charge in [0.15, 0.2) is 0 Å². The van der Waals surface area contributed by atoms with Crippen molar-refractivity contribution in [2.75, 3.05) is 5.32 Å². The summed E-state index contributed by atoms with van der Waals surface area (Å²) in [5.74, 6) is 0.290. The molecule has 0 fully saturated rings. The van der Waals surface area contributed by atoms with E-state index in [0.29, 0.717) is 10.8 Å². The highest BCUT2D eigenvalue weighted by Gasteiger charge is 2.00. The lowest BCUT2D eigenvalue weighted by molar-refractivity contribution is 0.628. The van der Waals surface area contributed by atoms with E-state index in [4.69, 9.17) is 11.6 Å². The third-order valence-corrected chi connectivity index (χ3v) is 2.17. The normalized spacial score (nSPS) is 10.0. The Bertz CT molecular complexity index is 456. The molecule has 4 heteroatoms. The number of halogens is 2. The van der Waals surface area contributed by atoms with Gasteiger partial charge in [0.25, 0.3) is 0 Å². The van der Waals surface area contributed by atoms with Crippen molar-refractivity contribution in [3.8, 4) is 0 Å². The first-order chi connectivity index (χ1) is 7.25. The average molecular weight is 223 g/mol. The third-order valence-electron chi connectivity index (χ3n) is 1.87. The molecule has 0 radical (unpaired) electrons. The van der Waals surface area contributed by atoms with E-state index in [1.807, 2.05) is 0 Å². The Hall–Kier alpha value is -1.61. The number of hydrogen-bond donors (Lipinski definition) is 1. The molecule has 0 saturated carbocycles. The van der Waals surface area contributed by atoms with Crippen LogP contribution in [-0.2, 0) is 0 Å². The van der Waals surface area contributed by atoms with Crippen LogP contribution in [-0.4, -0.2) is 4.98 Å². The second-order valence-electron chi connectivity index (χ2n) is 2.97. The van der Waals surface area contributed by atoms with Crippen molar-refractivity contribution >= 4 is 23.1 Å². The Balaban J connectivity index is 2.22. The van der Waals surface area contributed by atoms with Gasteiger partial charge in [-0.3, -0.25) is 0 Å². The number of benzene rings is 1. The molecule has 2 nitrogen and oxygen atoms in total. The summed E-state index contributed by atoms with van der Waals surface area (Å²) in [6.07, 6.45) is 1.64. The summed E-state index contributed by atoms with van der Waals surface area (Å²) in [6, 6.07) is 9.48. The van der Waals surface area contributed by atoms with Crippen LogP contribution in [0.5, 0.6) is 0 Å². The summed E-state index contributed by atoms with van der Waals surface area (Å²) in [5.41, 5.74) is 0.747. The van der Waals surface area contributed by atoms with E-state index in [1.54, 1.807) is 30.5 Å². The Labute approximate surface area is 91.7 Å². The molecule has 0 amide bonds. The van der Waals surface area contributed by atoms with Crippen molar-refractivity contribution in [2.45, 2.75) is 0 Å². The van der Waals surface area contributed by atoms with Gasteiger partial charge < -0.3 is 5.32 Å². The zero-order valence-electron chi connectivity index (χ0n) is 7.74. The summed E-state index contributed by atoms with van der Waals surface area (Å²) >= 11 is 5.91. The van der Waals surface area contributed by atoms with E-state index < -0.39 is 0 Å². The van der Waals surface area contributed by atoms with Crippen LogP contribution >= 0.6 is 11.6 Å². The number of aromatic nitrogens is 1. The van der Waals surface area contributed by atoms with Crippen LogP contribution in [0, 0.1) is 5.82 Å². The summed E-state index contributed by atoms with van der Waals surface area (Å²) < 4.78 is 12.6. The fourth-order valence-electron chi connectivity index (χ4n) is 1.15. The quantitative estimate of drug-likeness (QED) is 0.840. The van der Waals surface area contributed by atoms with Gasteiger partial charge in [-0.25, -0.2) is 9.37 Å². The maximum Gasteiger partial charge on any atom is 0.149 e. The molecule has 1 aromatic carbocycles. The highest BCUT2D eigenvalue weighted by atomic mass is 35.5. The Morgan fingerprint density at radius 2 is 1.87 bits per heavy atom. The molecule has 0 saturated heterocycles. The van der Waals surface area contributed by atoms with Crippen LogP contribution in [0.1, 0.15) is 0 Å². The average Bonchev–Trinajstić information content (AvgIpc) is 2.25. The predicted molar refractivity (Wildman–Crippen MR) is 58.9 cm³/mol. The van der Waals surface area contributed by atoms with E-state index in [1.165, 1.54) is 12.1 Å². The zero-order chi connectivity index (χ0) is 10.7. The molecule has 0 bridgehead atoms. The lowest BCUT2D eigenvalue weighted by Gasteiger charge is -2.06. The maximum absolute atomic E-state index is 12.6. The standard InChI is InChI=1S/C11H8ClFN2/c12-10-2-1-7-14-11(10)15-9-5-3-8(13)4-6-9/h1-7H,(H,14,15). The summed E-state index contributed by atoms with van der Waals surface area (Å²) in [4.78, 5) is 4.06. The molecule has 1 N–H and O–H groups in total. The van der Waals surface area contributed by atoms with Gasteiger partial charge in [-0.05, 0) is 36.4 Å². The molecule has 1 aromatic heterocycles. The first-order valence-electron chi connectivity index (χ1n) is 4.39. The lowest BCUT2D eigenvalue weighted by atomic mass is 10.3. The van der Waals surface area contributed by atoms with E-state index in [2.05, 4.69) is 10.3 Å². The van der Waals surface area contributed by atoms with Crippen molar-refractivity contribution in [1.29, 1.82) is 0 Å². The predicted octanol–water partition coefficient (Wildman–Crippen LogP) is 3.62. The number of nitrogens with zero attached hydrogens (tertiary/aromatic N) is 1. The molecule has 0 aliphatic heterocycles. The minimum atomic E-state index is -0.271. The fraction of sp³-hybridized carbons (Fsp3) is 0. The number of anilines is 2. The first-order valence-corrected chi connectivity index (χ1v) is 4.76. The van der Waals surface area contributed by atoms with Crippen LogP contribution in [0.2, 0.25) is 5.02 Å². The van der Waals surface area contributed by atoms with Crippen LogP contribution in [0.25, 0.3) is 0 Å². The minimum absolute atomic E-state index is 0.271. The Morgan fingerprint density at radius 1 is 1.13 bits per heavy atom. The van der Waals surface area contributed by atoms with Gasteiger partial charge in [0.1, 0.15) is 11.6 Å². The van der Waals surface area contributed by atoms with E-state index in [9.17, 15) is 4.39 Å². The van der Waals surface area contributed by atoms with Gasteiger partial charge in [-0.2, -0.15) is 0 Å². The number of pyridine rings is 1. The fourth-order valence-corrected chi connectivity index (χ4v) is 1.32. The van der Waals surface area contributed by atoms with Crippen LogP contribution in [0.4, 0.5) is 15.9 Å². The second-order valence-corrected chi connectivity index (χ2v) is 3.37. The Kier molecular flexibility index (Phi) is 2.83. The molecule has 2 rings (SSSR count). The summed E-state index contributed by atoms with van der Waals surface area (Å²) in [5, 5.41) is 3.52. The van der Waals surface area contributed by atoms with Gasteiger partial charge in [0.2, 0.25) is 0 Å². The molecule has 0 unspecified atom stereocenters. The second kappa shape index (κ2) is 4.28. The van der Waals surface area contributed by atoms with E-state index >= 15 is 0 Å². The number of hydrogen-bond acceptors (Lipinski definition) is 2. The molecular weight excluding hydrogens is 215 g/mol. The Morgan fingerprint density at radius 3 is 2.53 bits per heavy atom. The monoisotopic (exact) mass is 222 g/mol. The molecule has 15 heavy (non-hydrogen) atoms. The molecule has 0 aliphatic carbocycles. The topological polar surface area (TPSA) is 24.9 Å². The highest BCUT2D eigenvalue weighted by Crippen LogP contribution is 2.22. The smallest absolute Gasteiger partial charge is 0.149 e. The van der Waals surface area contributed by atoms with Crippen LogP contribution in [0.15, 0.2) is 42.6 Å². The van der Waals surface area contributed by atoms with Crippen LogP contribution in [0.3, 0.4) is 0 Å². The molecule has 0 spiro atoms. The SMILES string of the molecule is Fc1ccc(Nc2ncccc2Cl)cc1. The zero-order valence-corrected chi connectivity index (χ0v) is 8.50. The van der Waals surface area contributed by atoms with Gasteiger partial charge >= 0.3 is 0 Å². The highest BCUT2D eigenvalue weighted by molar-refractivity contribution is 6.33. The molecular formula is C11H8ClFN2. The van der Waals surface area contributed by atoms with Crippen molar-refractivity contribution in [1.82, 2.24) is 4.98 Å². The van der Waals surface area contributed by atoms with Crippen LogP contribution < -0.4 is 5.32 Å². The van der Waals surface area contributed by atoms with E-state index in [0.717, 1.165) is 5.69 Å². The van der Waals surface area contributed by atoms with Gasteiger partial charge in [0.05, 0.1) is 5.02 Å². The van der Waals surface area contributed by atoms with Gasteiger partial charge in [0, 0.05) is 11.9 Å². The molecule has 2 aromatic rings. The first kappa shape index (κ1) is 9.93. The molecule has 0 atom stereocenters. The molecule has 1 heterocycles. The number of rotatable bonds is 2. The molecule has 76 valence electrons. The van der Waals surface area contributed by atoms with Crippen molar-refractivity contribution in [3.63, 3.8) is 0 Å². The molecule has 0 aliphatic rings. The van der Waals surface area contributed by atoms with Crippen molar-refractivity contribution < 1.29 is 4.39 Å². The lowest BCUT2D eigenvalue weighted by Crippen LogP contribution is -1.93. The van der Waals surface area contributed by atoms with E-state index in [-0.39, 0.29) is 5.82 Å². The largest absolute Gasteiger partial charge is 0.339 e. The van der Waals surface area contributed by atoms with Crippen molar-refractivity contribution in [2.24, 2.45) is 0 Å². The number of nitrogens with one attached hydrogen (secondary N) is 1. The van der Waals surface area contributed by atoms with Crippen molar-refractivity contribution in [3.05, 3.63) is 53.4 Å². The van der Waals surface area contributed by atoms with Gasteiger partial charge in [-0.1, -0.05) is 11.6 Å². The maximum atomic E-state index is 12.6.